The van der Waals surface area contributed by atoms with Gasteiger partial charge in [-0.3, -0.25) is 10.1 Å². The number of rotatable bonds is 2. The first-order valence-electron chi connectivity index (χ1n) is 5.98. The smallest absolute Gasteiger partial charge is 0.295 e. The van der Waals surface area contributed by atoms with E-state index in [9.17, 15) is 4.79 Å². The number of hydrogen-bond acceptors (Lipinski definition) is 6. The van der Waals surface area contributed by atoms with E-state index in [4.69, 9.17) is 0 Å². The SMILES string of the molecule is Cc1nc(NC(=O)c2nnc3ccccc3n2)sc1C. The zero-order chi connectivity index (χ0) is 14.1. The van der Waals surface area contributed by atoms with E-state index in [-0.39, 0.29) is 5.82 Å². The Kier molecular flexibility index (Phi) is 3.11. The quantitative estimate of drug-likeness (QED) is 0.781. The molecule has 0 fully saturated rings. The molecule has 0 radical (unpaired) electrons. The van der Waals surface area contributed by atoms with Crippen LogP contribution in [0.15, 0.2) is 24.3 Å². The zero-order valence-corrected chi connectivity index (χ0v) is 11.7. The lowest BCUT2D eigenvalue weighted by atomic mass is 10.3. The monoisotopic (exact) mass is 285 g/mol. The molecule has 1 amide bonds. The predicted octanol–water partition coefficient (Wildman–Crippen LogP) is 2.35. The molecule has 20 heavy (non-hydrogen) atoms. The number of anilines is 1. The van der Waals surface area contributed by atoms with Crippen LogP contribution in [0.4, 0.5) is 5.13 Å². The summed E-state index contributed by atoms with van der Waals surface area (Å²) in [6, 6.07) is 7.27. The van der Waals surface area contributed by atoms with Crippen molar-refractivity contribution in [3.05, 3.63) is 40.7 Å². The molecule has 0 spiro atoms. The van der Waals surface area contributed by atoms with Crippen LogP contribution < -0.4 is 5.32 Å². The fraction of sp³-hybridized carbons (Fsp3) is 0.154. The van der Waals surface area contributed by atoms with Crippen LogP contribution >= 0.6 is 11.3 Å². The standard InChI is InChI=1S/C13H11N5OS/c1-7-8(2)20-13(14-7)16-12(19)11-15-9-5-3-4-6-10(9)17-18-11/h3-6H,1-2H3,(H,14,16,19). The van der Waals surface area contributed by atoms with Crippen LogP contribution in [0.5, 0.6) is 0 Å². The number of thiazole rings is 1. The first-order chi connectivity index (χ1) is 9.63. The van der Waals surface area contributed by atoms with Gasteiger partial charge in [0.05, 0.1) is 11.2 Å². The van der Waals surface area contributed by atoms with Gasteiger partial charge in [-0.05, 0) is 26.0 Å². The van der Waals surface area contributed by atoms with Gasteiger partial charge in [0, 0.05) is 4.88 Å². The normalized spacial score (nSPS) is 10.7. The van der Waals surface area contributed by atoms with E-state index < -0.39 is 5.91 Å². The van der Waals surface area contributed by atoms with Crippen molar-refractivity contribution in [1.82, 2.24) is 20.2 Å². The van der Waals surface area contributed by atoms with Crippen LogP contribution in [-0.2, 0) is 0 Å². The minimum absolute atomic E-state index is 0.0363. The molecule has 0 aliphatic rings. The van der Waals surface area contributed by atoms with Crippen molar-refractivity contribution in [2.24, 2.45) is 0 Å². The largest absolute Gasteiger partial charge is 0.297 e. The summed E-state index contributed by atoms with van der Waals surface area (Å²) in [6.07, 6.45) is 0. The van der Waals surface area contributed by atoms with Gasteiger partial charge in [-0.2, -0.15) is 0 Å². The van der Waals surface area contributed by atoms with E-state index in [1.165, 1.54) is 11.3 Å². The second-order valence-electron chi connectivity index (χ2n) is 4.24. The zero-order valence-electron chi connectivity index (χ0n) is 10.9. The summed E-state index contributed by atoms with van der Waals surface area (Å²) in [6.45, 7) is 3.85. The number of nitrogens with zero attached hydrogens (tertiary/aromatic N) is 4. The van der Waals surface area contributed by atoms with Crippen molar-refractivity contribution in [3.63, 3.8) is 0 Å². The number of para-hydroxylation sites is 1. The first kappa shape index (κ1) is 12.6. The maximum Gasteiger partial charge on any atom is 0.297 e. The van der Waals surface area contributed by atoms with Gasteiger partial charge in [-0.1, -0.05) is 12.1 Å². The summed E-state index contributed by atoms with van der Waals surface area (Å²) in [5.41, 5.74) is 2.20. The number of carbonyl (C=O) groups excluding carboxylic acids is 1. The lowest BCUT2D eigenvalue weighted by Gasteiger charge is -2.00. The Labute approximate surface area is 118 Å². The van der Waals surface area contributed by atoms with Crippen molar-refractivity contribution >= 4 is 33.4 Å². The van der Waals surface area contributed by atoms with E-state index in [1.54, 1.807) is 12.1 Å². The summed E-state index contributed by atoms with van der Waals surface area (Å²) in [5, 5.41) is 11.0. The van der Waals surface area contributed by atoms with E-state index in [0.717, 1.165) is 10.6 Å². The molecule has 0 bridgehead atoms. The number of aromatic nitrogens is 4. The average molecular weight is 285 g/mol. The van der Waals surface area contributed by atoms with Gasteiger partial charge in [0.25, 0.3) is 5.91 Å². The number of hydrogen-bond donors (Lipinski definition) is 1. The van der Waals surface area contributed by atoms with E-state index in [2.05, 4.69) is 25.5 Å². The molecule has 100 valence electrons. The number of carbonyl (C=O) groups is 1. The molecule has 1 aromatic carbocycles. The Balaban J connectivity index is 1.88. The van der Waals surface area contributed by atoms with Crippen molar-refractivity contribution in [2.45, 2.75) is 13.8 Å². The summed E-state index contributed by atoms with van der Waals surface area (Å²) >= 11 is 1.42. The molecule has 3 rings (SSSR count). The number of benzene rings is 1. The van der Waals surface area contributed by atoms with E-state index in [1.807, 2.05) is 26.0 Å². The van der Waals surface area contributed by atoms with Gasteiger partial charge in [0.2, 0.25) is 5.82 Å². The molecule has 6 nitrogen and oxygen atoms in total. The molecule has 0 saturated heterocycles. The third-order valence-corrected chi connectivity index (χ3v) is 3.80. The van der Waals surface area contributed by atoms with Crippen LogP contribution in [0.1, 0.15) is 21.2 Å². The summed E-state index contributed by atoms with van der Waals surface area (Å²) in [5.74, 6) is -0.369. The number of aryl methyl sites for hydroxylation is 2. The van der Waals surface area contributed by atoms with Crippen LogP contribution in [0.2, 0.25) is 0 Å². The Morgan fingerprint density at radius 2 is 1.85 bits per heavy atom. The Bertz CT molecular complexity index is 779. The number of amides is 1. The second kappa shape index (κ2) is 4.93. The van der Waals surface area contributed by atoms with Crippen molar-refractivity contribution < 1.29 is 4.79 Å². The van der Waals surface area contributed by atoms with Crippen molar-refractivity contribution in [1.29, 1.82) is 0 Å². The van der Waals surface area contributed by atoms with Gasteiger partial charge in [0.15, 0.2) is 5.13 Å². The molecule has 2 heterocycles. The Morgan fingerprint density at radius 1 is 1.10 bits per heavy atom. The highest BCUT2D eigenvalue weighted by atomic mass is 32.1. The maximum atomic E-state index is 12.1. The molecule has 3 aromatic rings. The van der Waals surface area contributed by atoms with Gasteiger partial charge < -0.3 is 0 Å². The Hall–Kier alpha value is -2.41. The average Bonchev–Trinajstić information content (AvgIpc) is 2.76. The van der Waals surface area contributed by atoms with Crippen LogP contribution in [-0.4, -0.2) is 26.1 Å². The maximum absolute atomic E-state index is 12.1. The summed E-state index contributed by atoms with van der Waals surface area (Å²) < 4.78 is 0. The highest BCUT2D eigenvalue weighted by molar-refractivity contribution is 7.15. The van der Waals surface area contributed by atoms with Gasteiger partial charge >= 0.3 is 0 Å². The molecule has 0 aliphatic carbocycles. The third-order valence-electron chi connectivity index (χ3n) is 2.81. The molecule has 1 N–H and O–H groups in total. The van der Waals surface area contributed by atoms with E-state index >= 15 is 0 Å². The molecule has 0 aliphatic heterocycles. The topological polar surface area (TPSA) is 80.7 Å². The van der Waals surface area contributed by atoms with E-state index in [0.29, 0.717) is 16.2 Å². The number of nitrogens with one attached hydrogen (secondary N) is 1. The number of fused-ring (bicyclic) bond motifs is 1. The Morgan fingerprint density at radius 3 is 2.55 bits per heavy atom. The molecule has 0 saturated carbocycles. The van der Waals surface area contributed by atoms with Gasteiger partial charge in [-0.25, -0.2) is 9.97 Å². The second-order valence-corrected chi connectivity index (χ2v) is 5.44. The molecule has 2 aromatic heterocycles. The molecule has 7 heteroatoms. The summed E-state index contributed by atoms with van der Waals surface area (Å²) in [4.78, 5) is 21.6. The van der Waals surface area contributed by atoms with Crippen LogP contribution in [0.3, 0.4) is 0 Å². The summed E-state index contributed by atoms with van der Waals surface area (Å²) in [7, 11) is 0. The lowest BCUT2D eigenvalue weighted by molar-refractivity contribution is 0.101. The fourth-order valence-electron chi connectivity index (χ4n) is 1.66. The fourth-order valence-corrected chi connectivity index (χ4v) is 2.47. The minimum atomic E-state index is -0.406. The third kappa shape index (κ3) is 2.35. The highest BCUT2D eigenvalue weighted by Crippen LogP contribution is 2.21. The molecular weight excluding hydrogens is 274 g/mol. The lowest BCUT2D eigenvalue weighted by Crippen LogP contribution is -2.16. The van der Waals surface area contributed by atoms with Gasteiger partial charge in [0.1, 0.15) is 5.52 Å². The molecule has 0 atom stereocenters. The predicted molar refractivity (Wildman–Crippen MR) is 76.9 cm³/mol. The molecular formula is C13H11N5OS. The minimum Gasteiger partial charge on any atom is -0.295 e. The van der Waals surface area contributed by atoms with Crippen LogP contribution in [0.25, 0.3) is 11.0 Å². The first-order valence-corrected chi connectivity index (χ1v) is 6.80. The van der Waals surface area contributed by atoms with Crippen molar-refractivity contribution in [2.75, 3.05) is 5.32 Å². The van der Waals surface area contributed by atoms with Crippen molar-refractivity contribution in [3.8, 4) is 0 Å². The highest BCUT2D eigenvalue weighted by Gasteiger charge is 2.14. The molecule has 0 unspecified atom stereocenters. The van der Waals surface area contributed by atoms with Gasteiger partial charge in [-0.15, -0.1) is 21.5 Å². The van der Waals surface area contributed by atoms with Crippen LogP contribution in [0, 0.1) is 13.8 Å².